The summed E-state index contributed by atoms with van der Waals surface area (Å²) in [5, 5.41) is 21.4. The highest BCUT2D eigenvalue weighted by Gasteiger charge is 2.66. The molecule has 150 valence electrons. The minimum Gasteiger partial charge on any atom is -0.512 e. The van der Waals surface area contributed by atoms with Gasteiger partial charge in [0.25, 0.3) is 0 Å². The molecule has 0 aromatic rings. The van der Waals surface area contributed by atoms with Gasteiger partial charge in [0.05, 0.1) is 11.9 Å². The molecule has 0 aromatic heterocycles. The summed E-state index contributed by atoms with van der Waals surface area (Å²) < 4.78 is 5.99. The molecule has 27 heavy (non-hydrogen) atoms. The molecule has 0 aromatic carbocycles. The number of allylic oxidation sites excluding steroid dienone is 4. The Morgan fingerprint density at radius 1 is 1.30 bits per heavy atom. The Balaban J connectivity index is 1.70. The zero-order chi connectivity index (χ0) is 19.6. The van der Waals surface area contributed by atoms with E-state index in [4.69, 9.17) is 4.74 Å². The fraction of sp³-hybridized carbons (Fsp3) is 0.783. The van der Waals surface area contributed by atoms with Crippen LogP contribution in [0.25, 0.3) is 0 Å². The van der Waals surface area contributed by atoms with Gasteiger partial charge in [-0.3, -0.25) is 4.79 Å². The second-order valence-electron chi connectivity index (χ2n) is 10.0. The first kappa shape index (κ1) is 19.0. The molecule has 0 amide bonds. The molecule has 4 aliphatic rings. The van der Waals surface area contributed by atoms with Crippen molar-refractivity contribution in [3.8, 4) is 0 Å². The second-order valence-corrected chi connectivity index (χ2v) is 10.0. The molecule has 4 aliphatic carbocycles. The number of ether oxygens (including phenoxy) is 1. The highest BCUT2D eigenvalue weighted by Crippen LogP contribution is 2.67. The minimum atomic E-state index is -0.494. The number of aliphatic hydroxyl groups is 2. The SMILES string of the molecule is CCC(=O)O[C@@]1(C)CCC2C3CC=C4C=C(O)CCC4(C)C3[C@H](O)CC21C. The molecule has 2 N–H and O–H groups in total. The third-order valence-corrected chi connectivity index (χ3v) is 8.84. The predicted molar refractivity (Wildman–Crippen MR) is 104 cm³/mol. The number of fused-ring (bicyclic) bond motifs is 5. The third-order valence-electron chi connectivity index (χ3n) is 8.84. The van der Waals surface area contributed by atoms with Gasteiger partial charge in [-0.1, -0.05) is 26.8 Å². The summed E-state index contributed by atoms with van der Waals surface area (Å²) in [4.78, 5) is 12.1. The molecule has 2 saturated carbocycles. The van der Waals surface area contributed by atoms with Gasteiger partial charge in [-0.2, -0.15) is 0 Å². The average molecular weight is 375 g/mol. The van der Waals surface area contributed by atoms with Crippen LogP contribution in [-0.2, 0) is 9.53 Å². The van der Waals surface area contributed by atoms with Crippen molar-refractivity contribution in [2.24, 2.45) is 28.6 Å². The van der Waals surface area contributed by atoms with E-state index in [0.717, 1.165) is 25.7 Å². The monoisotopic (exact) mass is 374 g/mol. The van der Waals surface area contributed by atoms with E-state index in [9.17, 15) is 15.0 Å². The van der Waals surface area contributed by atoms with Crippen LogP contribution in [0, 0.1) is 28.6 Å². The lowest BCUT2D eigenvalue weighted by Gasteiger charge is -2.59. The van der Waals surface area contributed by atoms with Crippen LogP contribution in [0.15, 0.2) is 23.5 Å². The number of carbonyl (C=O) groups excluding carboxylic acids is 1. The Morgan fingerprint density at radius 3 is 2.74 bits per heavy atom. The lowest BCUT2D eigenvalue weighted by Crippen LogP contribution is -2.59. The van der Waals surface area contributed by atoms with Gasteiger partial charge in [0.2, 0.25) is 0 Å². The van der Waals surface area contributed by atoms with Crippen LogP contribution < -0.4 is 0 Å². The number of hydrogen-bond donors (Lipinski definition) is 2. The summed E-state index contributed by atoms with van der Waals surface area (Å²) in [7, 11) is 0. The summed E-state index contributed by atoms with van der Waals surface area (Å²) in [5.41, 5.74) is 0.446. The summed E-state index contributed by atoms with van der Waals surface area (Å²) in [6, 6.07) is 0. The molecular formula is C23H34O4. The summed E-state index contributed by atoms with van der Waals surface area (Å²) in [6.45, 7) is 8.43. The number of hydrogen-bond acceptors (Lipinski definition) is 4. The molecule has 0 spiro atoms. The van der Waals surface area contributed by atoms with E-state index >= 15 is 0 Å². The van der Waals surface area contributed by atoms with Gasteiger partial charge in [-0.25, -0.2) is 0 Å². The smallest absolute Gasteiger partial charge is 0.306 e. The summed E-state index contributed by atoms with van der Waals surface area (Å²) in [6.07, 6.45) is 9.36. The Morgan fingerprint density at radius 2 is 2.04 bits per heavy atom. The van der Waals surface area contributed by atoms with Crippen molar-refractivity contribution >= 4 is 5.97 Å². The van der Waals surface area contributed by atoms with E-state index in [1.165, 1.54) is 5.57 Å². The van der Waals surface area contributed by atoms with E-state index in [-0.39, 0.29) is 22.7 Å². The van der Waals surface area contributed by atoms with E-state index in [2.05, 4.69) is 26.8 Å². The Hall–Kier alpha value is -1.29. The van der Waals surface area contributed by atoms with Gasteiger partial charge in [-0.05, 0) is 73.8 Å². The summed E-state index contributed by atoms with van der Waals surface area (Å²) in [5.74, 6) is 1.40. The number of rotatable bonds is 2. The van der Waals surface area contributed by atoms with E-state index in [1.807, 2.05) is 13.0 Å². The number of aliphatic hydroxyl groups excluding tert-OH is 2. The molecule has 4 rings (SSSR count). The fourth-order valence-electron chi connectivity index (χ4n) is 7.14. The van der Waals surface area contributed by atoms with Crippen LogP contribution in [0.5, 0.6) is 0 Å². The summed E-state index contributed by atoms with van der Waals surface area (Å²) >= 11 is 0. The number of carbonyl (C=O) groups is 1. The maximum atomic E-state index is 12.1. The molecule has 0 radical (unpaired) electrons. The highest BCUT2D eigenvalue weighted by molar-refractivity contribution is 5.69. The zero-order valence-electron chi connectivity index (χ0n) is 17.1. The molecule has 5 unspecified atom stereocenters. The normalized spacial score (nSPS) is 48.6. The molecule has 0 saturated heterocycles. The van der Waals surface area contributed by atoms with Crippen LogP contribution in [0.1, 0.15) is 72.6 Å². The van der Waals surface area contributed by atoms with Crippen molar-refractivity contribution in [1.29, 1.82) is 0 Å². The molecule has 4 nitrogen and oxygen atoms in total. The van der Waals surface area contributed by atoms with Gasteiger partial charge >= 0.3 is 5.97 Å². The maximum absolute atomic E-state index is 12.1. The zero-order valence-corrected chi connectivity index (χ0v) is 17.1. The van der Waals surface area contributed by atoms with E-state index < -0.39 is 11.7 Å². The molecule has 7 atom stereocenters. The van der Waals surface area contributed by atoms with Crippen LogP contribution in [0.2, 0.25) is 0 Å². The second kappa shape index (κ2) is 6.10. The lowest BCUT2D eigenvalue weighted by molar-refractivity contribution is -0.191. The molecule has 0 bridgehead atoms. The van der Waals surface area contributed by atoms with Gasteiger partial charge in [0.15, 0.2) is 0 Å². The van der Waals surface area contributed by atoms with Crippen molar-refractivity contribution in [2.75, 3.05) is 0 Å². The third kappa shape index (κ3) is 2.55. The van der Waals surface area contributed by atoms with Crippen molar-refractivity contribution < 1.29 is 19.7 Å². The Bertz CT molecular complexity index is 709. The van der Waals surface area contributed by atoms with Crippen LogP contribution in [-0.4, -0.2) is 27.9 Å². The quantitative estimate of drug-likeness (QED) is 0.689. The molecule has 4 heteroatoms. The van der Waals surface area contributed by atoms with E-state index in [1.54, 1.807) is 0 Å². The molecule has 0 heterocycles. The largest absolute Gasteiger partial charge is 0.512 e. The van der Waals surface area contributed by atoms with E-state index in [0.29, 0.717) is 36.9 Å². The van der Waals surface area contributed by atoms with Crippen molar-refractivity contribution in [3.05, 3.63) is 23.5 Å². The van der Waals surface area contributed by atoms with Crippen LogP contribution >= 0.6 is 0 Å². The average Bonchev–Trinajstić information content (AvgIpc) is 2.85. The standard InChI is InChI=1S/C23H34O4/c1-5-19(26)27-23(4)11-9-17-16-7-6-14-12-15(24)8-10-21(14,2)20(16)18(25)13-22(17,23)3/h6,12,16-18,20,24-25H,5,7-11,13H2,1-4H3/t16?,17?,18-,20?,21?,22?,23+/m1/s1. The van der Waals surface area contributed by atoms with Gasteiger partial charge in [-0.15, -0.1) is 0 Å². The number of esters is 1. The van der Waals surface area contributed by atoms with Crippen molar-refractivity contribution in [2.45, 2.75) is 84.3 Å². The topological polar surface area (TPSA) is 66.8 Å². The first-order chi connectivity index (χ1) is 12.6. The van der Waals surface area contributed by atoms with Crippen molar-refractivity contribution in [1.82, 2.24) is 0 Å². The first-order valence-corrected chi connectivity index (χ1v) is 10.6. The minimum absolute atomic E-state index is 0.0744. The fourth-order valence-corrected chi connectivity index (χ4v) is 7.14. The molecule has 2 fully saturated rings. The van der Waals surface area contributed by atoms with Gasteiger partial charge < -0.3 is 14.9 Å². The maximum Gasteiger partial charge on any atom is 0.306 e. The van der Waals surface area contributed by atoms with Gasteiger partial charge in [0.1, 0.15) is 5.60 Å². The van der Waals surface area contributed by atoms with Crippen LogP contribution in [0.4, 0.5) is 0 Å². The van der Waals surface area contributed by atoms with Crippen LogP contribution in [0.3, 0.4) is 0 Å². The van der Waals surface area contributed by atoms with Gasteiger partial charge in [0, 0.05) is 18.3 Å². The molecule has 0 aliphatic heterocycles. The predicted octanol–water partition coefficient (Wildman–Crippen LogP) is 4.68. The van der Waals surface area contributed by atoms with Crippen molar-refractivity contribution in [3.63, 3.8) is 0 Å². The highest BCUT2D eigenvalue weighted by atomic mass is 16.6. The first-order valence-electron chi connectivity index (χ1n) is 10.6. The Labute approximate surface area is 162 Å². The molecular weight excluding hydrogens is 340 g/mol. The Kier molecular flexibility index (Phi) is 4.30. The lowest BCUT2D eigenvalue weighted by atomic mass is 9.46.